The number of aromatic nitrogens is 2. The fourth-order valence-corrected chi connectivity index (χ4v) is 2.69. The zero-order valence-corrected chi connectivity index (χ0v) is 15.8. The first-order valence-corrected chi connectivity index (χ1v) is 8.57. The van der Waals surface area contributed by atoms with Crippen LogP contribution in [0.1, 0.15) is 26.4 Å². The lowest BCUT2D eigenvalue weighted by molar-refractivity contribution is 0.0474. The number of nitrogens with zero attached hydrogens (tertiary/aromatic N) is 2. The third-order valence-electron chi connectivity index (χ3n) is 4.22. The Bertz CT molecular complexity index is 992. The predicted octanol–water partition coefficient (Wildman–Crippen LogP) is 3.24. The first-order chi connectivity index (χ1) is 13.5. The topological polar surface area (TPSA) is 79.7 Å². The average molecular weight is 380 g/mol. The molecule has 3 rings (SSSR count). The van der Waals surface area contributed by atoms with Crippen molar-refractivity contribution in [3.63, 3.8) is 0 Å². The Morgan fingerprint density at radius 3 is 2.21 bits per heavy atom. The summed E-state index contributed by atoms with van der Waals surface area (Å²) in [6, 6.07) is 13.5. The first-order valence-electron chi connectivity index (χ1n) is 8.57. The summed E-state index contributed by atoms with van der Waals surface area (Å²) in [4.78, 5) is 24.5. The number of Topliss-reactive ketones (excluding diaryl/α,β-unsaturated/α-hetero) is 1. The van der Waals surface area contributed by atoms with Gasteiger partial charge in [-0.15, -0.1) is 0 Å². The van der Waals surface area contributed by atoms with Crippen LogP contribution in [0.3, 0.4) is 0 Å². The summed E-state index contributed by atoms with van der Waals surface area (Å²) in [6.07, 6.45) is 1.71. The Kier molecular flexibility index (Phi) is 5.74. The smallest absolute Gasteiger partial charge is 0.338 e. The summed E-state index contributed by atoms with van der Waals surface area (Å²) < 4.78 is 17.2. The van der Waals surface area contributed by atoms with Gasteiger partial charge in [0.2, 0.25) is 0 Å². The van der Waals surface area contributed by atoms with Gasteiger partial charge in [-0.3, -0.25) is 4.79 Å². The van der Waals surface area contributed by atoms with Crippen LogP contribution in [0.25, 0.3) is 5.69 Å². The number of benzene rings is 2. The van der Waals surface area contributed by atoms with Crippen LogP contribution in [0.15, 0.2) is 54.7 Å². The van der Waals surface area contributed by atoms with Gasteiger partial charge in [0.15, 0.2) is 23.9 Å². The number of ether oxygens (including phenoxy) is 3. The van der Waals surface area contributed by atoms with Crippen LogP contribution in [-0.4, -0.2) is 42.4 Å². The lowest BCUT2D eigenvalue weighted by atomic mass is 10.1. The van der Waals surface area contributed by atoms with E-state index in [0.717, 1.165) is 11.4 Å². The molecule has 0 atom stereocenters. The van der Waals surface area contributed by atoms with E-state index in [-0.39, 0.29) is 12.4 Å². The van der Waals surface area contributed by atoms with Crippen LogP contribution in [0, 0.1) is 6.92 Å². The number of hydrogen-bond donors (Lipinski definition) is 0. The highest BCUT2D eigenvalue weighted by Gasteiger charge is 2.14. The van der Waals surface area contributed by atoms with E-state index in [9.17, 15) is 9.59 Å². The van der Waals surface area contributed by atoms with Gasteiger partial charge in [0.05, 0.1) is 25.5 Å². The molecule has 0 spiro atoms. The van der Waals surface area contributed by atoms with Gasteiger partial charge in [-0.25, -0.2) is 9.48 Å². The van der Waals surface area contributed by atoms with E-state index < -0.39 is 5.97 Å². The highest BCUT2D eigenvalue weighted by atomic mass is 16.5. The standard InChI is InChI=1S/C21H20N2O5/c1-14-10-11-22-23(14)17-7-4-15(5-8-17)21(25)28-13-18(24)16-6-9-19(26-2)20(12-16)27-3/h4-12H,13H2,1-3H3. The molecule has 0 aliphatic carbocycles. The molecule has 0 bridgehead atoms. The molecule has 0 fully saturated rings. The summed E-state index contributed by atoms with van der Waals surface area (Å²) >= 11 is 0. The first kappa shape index (κ1) is 19.2. The normalized spacial score (nSPS) is 10.4. The Morgan fingerprint density at radius 2 is 1.61 bits per heavy atom. The Morgan fingerprint density at radius 1 is 0.929 bits per heavy atom. The van der Waals surface area contributed by atoms with Crippen molar-refractivity contribution in [3.8, 4) is 17.2 Å². The van der Waals surface area contributed by atoms with E-state index in [1.807, 2.05) is 13.0 Å². The van der Waals surface area contributed by atoms with Crippen molar-refractivity contribution in [2.24, 2.45) is 0 Å². The molecule has 0 aliphatic rings. The van der Waals surface area contributed by atoms with Crippen molar-refractivity contribution in [3.05, 3.63) is 71.5 Å². The van der Waals surface area contributed by atoms with Crippen LogP contribution >= 0.6 is 0 Å². The second-order valence-corrected chi connectivity index (χ2v) is 6.00. The van der Waals surface area contributed by atoms with Crippen LogP contribution in [0.2, 0.25) is 0 Å². The van der Waals surface area contributed by atoms with Crippen molar-refractivity contribution in [2.75, 3.05) is 20.8 Å². The van der Waals surface area contributed by atoms with Gasteiger partial charge in [0, 0.05) is 17.5 Å². The van der Waals surface area contributed by atoms with E-state index in [2.05, 4.69) is 5.10 Å². The highest BCUT2D eigenvalue weighted by Crippen LogP contribution is 2.27. The molecule has 3 aromatic rings. The third kappa shape index (κ3) is 4.03. The van der Waals surface area contributed by atoms with Crippen molar-refractivity contribution in [1.29, 1.82) is 0 Å². The molecule has 0 unspecified atom stereocenters. The molecule has 1 heterocycles. The average Bonchev–Trinajstić information content (AvgIpc) is 3.17. The van der Waals surface area contributed by atoms with Crippen LogP contribution in [0.5, 0.6) is 11.5 Å². The van der Waals surface area contributed by atoms with Gasteiger partial charge in [0.1, 0.15) is 0 Å². The number of aryl methyl sites for hydroxylation is 1. The molecule has 0 saturated carbocycles. The van der Waals surface area contributed by atoms with Crippen molar-refractivity contribution >= 4 is 11.8 Å². The molecule has 0 saturated heterocycles. The summed E-state index contributed by atoms with van der Waals surface area (Å²) in [6.45, 7) is 1.57. The van der Waals surface area contributed by atoms with Crippen molar-refractivity contribution in [2.45, 2.75) is 6.92 Å². The largest absolute Gasteiger partial charge is 0.493 e. The van der Waals surface area contributed by atoms with Gasteiger partial charge in [0.25, 0.3) is 0 Å². The molecule has 28 heavy (non-hydrogen) atoms. The minimum atomic E-state index is -0.572. The molecule has 0 N–H and O–H groups in total. The number of carbonyl (C=O) groups is 2. The summed E-state index contributed by atoms with van der Waals surface area (Å²) in [7, 11) is 3.00. The summed E-state index contributed by atoms with van der Waals surface area (Å²) in [5.74, 6) is 0.0448. The van der Waals surface area contributed by atoms with E-state index in [0.29, 0.717) is 22.6 Å². The lowest BCUT2D eigenvalue weighted by Crippen LogP contribution is -2.14. The maximum Gasteiger partial charge on any atom is 0.338 e. The van der Waals surface area contributed by atoms with Crippen LogP contribution in [0.4, 0.5) is 0 Å². The quantitative estimate of drug-likeness (QED) is 0.462. The summed E-state index contributed by atoms with van der Waals surface area (Å²) in [5.41, 5.74) is 2.54. The van der Waals surface area contributed by atoms with Gasteiger partial charge in [-0.2, -0.15) is 5.10 Å². The molecular weight excluding hydrogens is 360 g/mol. The minimum absolute atomic E-state index is 0.335. The monoisotopic (exact) mass is 380 g/mol. The number of carbonyl (C=O) groups excluding carboxylic acids is 2. The zero-order valence-electron chi connectivity index (χ0n) is 15.8. The van der Waals surface area contributed by atoms with E-state index in [1.165, 1.54) is 14.2 Å². The fraction of sp³-hybridized carbons (Fsp3) is 0.190. The second kappa shape index (κ2) is 8.39. The Balaban J connectivity index is 1.64. The molecule has 7 nitrogen and oxygen atoms in total. The molecule has 0 amide bonds. The lowest BCUT2D eigenvalue weighted by Gasteiger charge is -2.09. The minimum Gasteiger partial charge on any atom is -0.493 e. The maximum absolute atomic E-state index is 12.3. The Labute approximate surface area is 162 Å². The fourth-order valence-electron chi connectivity index (χ4n) is 2.69. The molecular formula is C21H20N2O5. The van der Waals surface area contributed by atoms with Gasteiger partial charge in [-0.05, 0) is 55.5 Å². The van der Waals surface area contributed by atoms with Crippen LogP contribution < -0.4 is 9.47 Å². The van der Waals surface area contributed by atoms with Gasteiger partial charge < -0.3 is 14.2 Å². The highest BCUT2D eigenvalue weighted by molar-refractivity contribution is 5.99. The number of rotatable bonds is 7. The maximum atomic E-state index is 12.3. The van der Waals surface area contributed by atoms with Crippen molar-refractivity contribution < 1.29 is 23.8 Å². The van der Waals surface area contributed by atoms with Gasteiger partial charge in [-0.1, -0.05) is 0 Å². The number of ketones is 1. The van der Waals surface area contributed by atoms with Crippen molar-refractivity contribution in [1.82, 2.24) is 9.78 Å². The number of hydrogen-bond acceptors (Lipinski definition) is 6. The predicted molar refractivity (Wildman–Crippen MR) is 102 cm³/mol. The second-order valence-electron chi connectivity index (χ2n) is 6.00. The third-order valence-corrected chi connectivity index (χ3v) is 4.22. The Hall–Kier alpha value is -3.61. The molecule has 1 aromatic heterocycles. The molecule has 2 aromatic carbocycles. The van der Waals surface area contributed by atoms with Crippen LogP contribution in [-0.2, 0) is 4.74 Å². The SMILES string of the molecule is COc1ccc(C(=O)COC(=O)c2ccc(-n3nccc3C)cc2)cc1OC. The van der Waals surface area contributed by atoms with E-state index in [1.54, 1.807) is 53.3 Å². The molecule has 7 heteroatoms. The zero-order chi connectivity index (χ0) is 20.1. The van der Waals surface area contributed by atoms with E-state index >= 15 is 0 Å². The summed E-state index contributed by atoms with van der Waals surface area (Å²) in [5, 5.41) is 4.22. The van der Waals surface area contributed by atoms with Gasteiger partial charge >= 0.3 is 5.97 Å². The number of esters is 1. The molecule has 0 radical (unpaired) electrons. The van der Waals surface area contributed by atoms with E-state index in [4.69, 9.17) is 14.2 Å². The molecule has 144 valence electrons. The molecule has 0 aliphatic heterocycles. The number of methoxy groups -OCH3 is 2.